The number of carbonyl (C=O) groups is 1. The minimum Gasteiger partial charge on any atom is -0.466 e. The van der Waals surface area contributed by atoms with Crippen molar-refractivity contribution in [3.05, 3.63) is 0 Å². The van der Waals surface area contributed by atoms with Crippen molar-refractivity contribution in [2.75, 3.05) is 6.61 Å². The fourth-order valence-electron chi connectivity index (χ4n) is 1.55. The van der Waals surface area contributed by atoms with Crippen LogP contribution in [-0.4, -0.2) is 35.0 Å². The van der Waals surface area contributed by atoms with Gasteiger partial charge in [-0.1, -0.05) is 0 Å². The number of aliphatic hydroxyl groups excluding tert-OH is 2. The molecule has 1 saturated heterocycles. The fourth-order valence-corrected chi connectivity index (χ4v) is 1.55. The summed E-state index contributed by atoms with van der Waals surface area (Å²) in [7, 11) is 0. The van der Waals surface area contributed by atoms with Gasteiger partial charge in [0.25, 0.3) is 0 Å². The van der Waals surface area contributed by atoms with Crippen LogP contribution >= 0.6 is 0 Å². The molecule has 4 nitrogen and oxygen atoms in total. The van der Waals surface area contributed by atoms with Crippen molar-refractivity contribution < 1.29 is 19.7 Å². The van der Waals surface area contributed by atoms with Crippen LogP contribution in [0, 0.1) is 0 Å². The number of hydrogen-bond acceptors (Lipinski definition) is 4. The highest BCUT2D eigenvalue weighted by Gasteiger charge is 2.15. The van der Waals surface area contributed by atoms with Crippen LogP contribution in [0.25, 0.3) is 0 Å². The summed E-state index contributed by atoms with van der Waals surface area (Å²) in [6.45, 7) is 0.401. The smallest absolute Gasteiger partial charge is 0.308 e. The number of aliphatic hydroxyl groups is 2. The summed E-state index contributed by atoms with van der Waals surface area (Å²) in [5.41, 5.74) is 0. The third-order valence-corrected chi connectivity index (χ3v) is 2.43. The van der Waals surface area contributed by atoms with Crippen LogP contribution in [-0.2, 0) is 9.53 Å². The Hall–Kier alpha value is -0.610. The van der Waals surface area contributed by atoms with Gasteiger partial charge in [0.2, 0.25) is 0 Å². The second kappa shape index (κ2) is 5.98. The summed E-state index contributed by atoms with van der Waals surface area (Å²) >= 11 is 0. The molecule has 1 fully saturated rings. The maximum Gasteiger partial charge on any atom is 0.308 e. The highest BCUT2D eigenvalue weighted by Crippen LogP contribution is 2.12. The molecule has 4 heteroatoms. The van der Waals surface area contributed by atoms with E-state index in [1.807, 2.05) is 0 Å². The predicted molar refractivity (Wildman–Crippen MR) is 50.7 cm³/mol. The maximum atomic E-state index is 11.1. The first-order chi connectivity index (χ1) is 6.68. The second-order valence-electron chi connectivity index (χ2n) is 3.81. The van der Waals surface area contributed by atoms with E-state index >= 15 is 0 Å². The Morgan fingerprint density at radius 2 is 1.79 bits per heavy atom. The van der Waals surface area contributed by atoms with Gasteiger partial charge in [0.1, 0.15) is 0 Å². The monoisotopic (exact) mass is 202 g/mol. The van der Waals surface area contributed by atoms with Gasteiger partial charge < -0.3 is 14.9 Å². The third kappa shape index (κ3) is 4.58. The Bertz CT molecular complexity index is 181. The molecule has 1 heterocycles. The van der Waals surface area contributed by atoms with E-state index < -0.39 is 6.10 Å². The minimum absolute atomic E-state index is 0.0483. The average Bonchev–Trinajstić information content (AvgIpc) is 2.15. The lowest BCUT2D eigenvalue weighted by Crippen LogP contribution is -2.17. The normalized spacial score (nSPS) is 31.7. The molecular formula is C10H18O4. The molecule has 2 atom stereocenters. The lowest BCUT2D eigenvalue weighted by atomic mass is 10.0. The van der Waals surface area contributed by atoms with Crippen LogP contribution in [0.15, 0.2) is 0 Å². The number of esters is 1. The summed E-state index contributed by atoms with van der Waals surface area (Å²) in [4.78, 5) is 11.1. The molecule has 0 aromatic heterocycles. The minimum atomic E-state index is -0.671. The van der Waals surface area contributed by atoms with E-state index in [9.17, 15) is 15.0 Å². The van der Waals surface area contributed by atoms with Gasteiger partial charge in [-0.25, -0.2) is 0 Å². The Balaban J connectivity index is 2.38. The Labute approximate surface area is 83.9 Å². The molecule has 0 aromatic rings. The lowest BCUT2D eigenvalue weighted by molar-refractivity contribution is -0.146. The van der Waals surface area contributed by atoms with Gasteiger partial charge in [-0.3, -0.25) is 4.79 Å². The van der Waals surface area contributed by atoms with Crippen molar-refractivity contribution >= 4 is 5.97 Å². The standard InChI is InChI=1S/C10H18O4/c11-8-3-1-2-6-14-10(13)7-9(12)5-4-8/h8-9,11-12H,1-7H2. The number of rotatable bonds is 0. The molecule has 0 aromatic carbocycles. The summed E-state index contributed by atoms with van der Waals surface area (Å²) in [5, 5.41) is 18.9. The van der Waals surface area contributed by atoms with E-state index in [0.29, 0.717) is 19.4 Å². The van der Waals surface area contributed by atoms with Crippen molar-refractivity contribution in [2.24, 2.45) is 0 Å². The van der Waals surface area contributed by atoms with Crippen LogP contribution < -0.4 is 0 Å². The Morgan fingerprint density at radius 1 is 1.07 bits per heavy atom. The molecule has 1 aliphatic rings. The van der Waals surface area contributed by atoms with Crippen LogP contribution in [0.4, 0.5) is 0 Å². The molecule has 1 rings (SSSR count). The SMILES string of the molecule is O=C1CC(O)CCC(O)CCCCO1. The van der Waals surface area contributed by atoms with Gasteiger partial charge in [-0.2, -0.15) is 0 Å². The van der Waals surface area contributed by atoms with Crippen LogP contribution in [0.1, 0.15) is 38.5 Å². The zero-order chi connectivity index (χ0) is 10.4. The van der Waals surface area contributed by atoms with Crippen molar-refractivity contribution in [1.82, 2.24) is 0 Å². The predicted octanol–water partition coefficient (Wildman–Crippen LogP) is 0.606. The van der Waals surface area contributed by atoms with E-state index in [1.165, 1.54) is 0 Å². The van der Waals surface area contributed by atoms with Crippen molar-refractivity contribution in [1.29, 1.82) is 0 Å². The van der Waals surface area contributed by atoms with Gasteiger partial charge >= 0.3 is 5.97 Å². The van der Waals surface area contributed by atoms with Crippen LogP contribution in [0.5, 0.6) is 0 Å². The summed E-state index contributed by atoms with van der Waals surface area (Å²) in [6.07, 6.45) is 2.44. The third-order valence-electron chi connectivity index (χ3n) is 2.43. The van der Waals surface area contributed by atoms with Gasteiger partial charge in [0.15, 0.2) is 0 Å². The molecule has 82 valence electrons. The van der Waals surface area contributed by atoms with E-state index in [1.54, 1.807) is 0 Å². The first kappa shape index (κ1) is 11.5. The Kier molecular flexibility index (Phi) is 4.90. The molecule has 0 amide bonds. The molecular weight excluding hydrogens is 184 g/mol. The summed E-state index contributed by atoms with van der Waals surface area (Å²) < 4.78 is 4.90. The first-order valence-electron chi connectivity index (χ1n) is 5.20. The molecule has 0 saturated carbocycles. The molecule has 1 aliphatic heterocycles. The van der Waals surface area contributed by atoms with Gasteiger partial charge in [-0.05, 0) is 32.1 Å². The van der Waals surface area contributed by atoms with Crippen molar-refractivity contribution in [2.45, 2.75) is 50.7 Å². The van der Waals surface area contributed by atoms with Gasteiger partial charge in [0.05, 0.1) is 25.2 Å². The highest BCUT2D eigenvalue weighted by atomic mass is 16.5. The zero-order valence-corrected chi connectivity index (χ0v) is 8.32. The van der Waals surface area contributed by atoms with Crippen LogP contribution in [0.3, 0.4) is 0 Å². The summed E-state index contributed by atoms with van der Waals surface area (Å²) in [5.74, 6) is -0.339. The maximum absolute atomic E-state index is 11.1. The van der Waals surface area contributed by atoms with Gasteiger partial charge in [-0.15, -0.1) is 0 Å². The highest BCUT2D eigenvalue weighted by molar-refractivity contribution is 5.69. The molecule has 0 aliphatic carbocycles. The fraction of sp³-hybridized carbons (Fsp3) is 0.900. The topological polar surface area (TPSA) is 66.8 Å². The molecule has 2 N–H and O–H groups in total. The van der Waals surface area contributed by atoms with E-state index in [2.05, 4.69) is 0 Å². The van der Waals surface area contributed by atoms with Crippen LogP contribution in [0.2, 0.25) is 0 Å². The molecule has 0 spiro atoms. The number of hydrogen-bond donors (Lipinski definition) is 2. The number of cyclic esters (lactones) is 1. The second-order valence-corrected chi connectivity index (χ2v) is 3.81. The molecule has 0 bridgehead atoms. The zero-order valence-electron chi connectivity index (χ0n) is 8.32. The molecule has 2 unspecified atom stereocenters. The quantitative estimate of drug-likeness (QED) is 0.565. The largest absolute Gasteiger partial charge is 0.466 e. The Morgan fingerprint density at radius 3 is 2.57 bits per heavy atom. The first-order valence-corrected chi connectivity index (χ1v) is 5.20. The van der Waals surface area contributed by atoms with E-state index in [0.717, 1.165) is 19.3 Å². The van der Waals surface area contributed by atoms with Crippen molar-refractivity contribution in [3.8, 4) is 0 Å². The molecule has 0 radical (unpaired) electrons. The van der Waals surface area contributed by atoms with E-state index in [4.69, 9.17) is 4.74 Å². The van der Waals surface area contributed by atoms with E-state index in [-0.39, 0.29) is 18.5 Å². The average molecular weight is 202 g/mol. The summed E-state index contributed by atoms with van der Waals surface area (Å²) in [6, 6.07) is 0. The number of carbonyl (C=O) groups excluding carboxylic acids is 1. The lowest BCUT2D eigenvalue weighted by Gasteiger charge is -2.11. The van der Waals surface area contributed by atoms with Gasteiger partial charge in [0, 0.05) is 0 Å². The molecule has 14 heavy (non-hydrogen) atoms. The number of ether oxygens (including phenoxy) is 1. The van der Waals surface area contributed by atoms with Crippen molar-refractivity contribution in [3.63, 3.8) is 0 Å².